The van der Waals surface area contributed by atoms with Gasteiger partial charge >= 0.3 is 0 Å². The van der Waals surface area contributed by atoms with Gasteiger partial charge in [0.15, 0.2) is 5.96 Å². The predicted octanol–water partition coefficient (Wildman–Crippen LogP) is 4.29. The van der Waals surface area contributed by atoms with Crippen LogP contribution in [0.5, 0.6) is 0 Å². The Labute approximate surface area is 190 Å². The van der Waals surface area contributed by atoms with Gasteiger partial charge in [-0.2, -0.15) is 0 Å². The average Bonchev–Trinajstić information content (AvgIpc) is 3.13. The summed E-state index contributed by atoms with van der Waals surface area (Å²) in [6, 6.07) is 12.4. The maximum absolute atomic E-state index is 5.63. The second kappa shape index (κ2) is 10.8. The van der Waals surface area contributed by atoms with Crippen molar-refractivity contribution in [1.29, 1.82) is 0 Å². The molecule has 168 valence electrons. The summed E-state index contributed by atoms with van der Waals surface area (Å²) < 4.78 is 5.63. The third kappa shape index (κ3) is 5.87. The largest absolute Gasteiger partial charge is 0.444 e. The van der Waals surface area contributed by atoms with Crippen molar-refractivity contribution in [3.63, 3.8) is 0 Å². The van der Waals surface area contributed by atoms with Gasteiger partial charge in [0.05, 0.1) is 12.2 Å². The van der Waals surface area contributed by atoms with Crippen LogP contribution in [0, 0.1) is 6.92 Å². The van der Waals surface area contributed by atoms with Crippen LogP contribution >= 0.6 is 0 Å². The van der Waals surface area contributed by atoms with Crippen LogP contribution in [0.15, 0.2) is 58.3 Å². The highest BCUT2D eigenvalue weighted by Gasteiger charge is 2.11. The molecule has 1 saturated heterocycles. The van der Waals surface area contributed by atoms with Crippen LogP contribution in [0.1, 0.15) is 42.5 Å². The highest BCUT2D eigenvalue weighted by Crippen LogP contribution is 2.19. The Hall–Kier alpha value is -3.35. The van der Waals surface area contributed by atoms with E-state index in [0.29, 0.717) is 24.9 Å². The Morgan fingerprint density at radius 1 is 1.00 bits per heavy atom. The number of aromatic nitrogens is 2. The second-order valence-corrected chi connectivity index (χ2v) is 8.22. The van der Waals surface area contributed by atoms with Crippen molar-refractivity contribution < 1.29 is 4.42 Å². The van der Waals surface area contributed by atoms with Crippen molar-refractivity contribution in [3.8, 4) is 11.5 Å². The number of benzene rings is 1. The van der Waals surface area contributed by atoms with E-state index in [0.717, 1.165) is 35.7 Å². The molecule has 7 nitrogen and oxygen atoms in total. The number of rotatable bonds is 6. The summed E-state index contributed by atoms with van der Waals surface area (Å²) in [5.74, 6) is 2.41. The van der Waals surface area contributed by atoms with Crippen LogP contribution in [-0.4, -0.2) is 36.1 Å². The Bertz CT molecular complexity index is 1000. The van der Waals surface area contributed by atoms with Crippen molar-refractivity contribution in [2.24, 2.45) is 4.99 Å². The van der Waals surface area contributed by atoms with E-state index in [-0.39, 0.29) is 0 Å². The maximum atomic E-state index is 5.63. The van der Waals surface area contributed by atoms with Crippen molar-refractivity contribution in [3.05, 3.63) is 65.7 Å². The molecule has 7 heteroatoms. The molecule has 2 N–H and O–H groups in total. The van der Waals surface area contributed by atoms with Crippen LogP contribution in [0.25, 0.3) is 11.5 Å². The highest BCUT2D eigenvalue weighted by atomic mass is 16.3. The van der Waals surface area contributed by atoms with Gasteiger partial charge in [0.25, 0.3) is 0 Å². The van der Waals surface area contributed by atoms with E-state index in [1.807, 2.05) is 18.3 Å². The fraction of sp³-hybridized carbons (Fsp3) is 0.400. The summed E-state index contributed by atoms with van der Waals surface area (Å²) in [6.07, 6.45) is 8.79. The third-order valence-electron chi connectivity index (χ3n) is 5.71. The number of anilines is 1. The van der Waals surface area contributed by atoms with Gasteiger partial charge in [-0.1, -0.05) is 36.6 Å². The van der Waals surface area contributed by atoms with Crippen molar-refractivity contribution >= 4 is 11.8 Å². The molecule has 4 rings (SSSR count). The van der Waals surface area contributed by atoms with E-state index >= 15 is 0 Å². The molecule has 1 aromatic carbocycles. The number of aliphatic imine (C=N–C) groups is 1. The number of guanidine groups is 1. The molecule has 1 aliphatic heterocycles. The van der Waals surface area contributed by atoms with Crippen LogP contribution < -0.4 is 15.5 Å². The van der Waals surface area contributed by atoms with Crippen molar-refractivity contribution in [2.75, 3.05) is 25.0 Å². The summed E-state index contributed by atoms with van der Waals surface area (Å²) in [5, 5.41) is 6.62. The quantitative estimate of drug-likeness (QED) is 0.447. The maximum Gasteiger partial charge on any atom is 0.226 e. The molecule has 0 radical (unpaired) electrons. The van der Waals surface area contributed by atoms with Gasteiger partial charge in [-0.3, -0.25) is 4.99 Å². The molecule has 3 heterocycles. The fourth-order valence-corrected chi connectivity index (χ4v) is 3.81. The SMILES string of the molecule is CN=C(NCc1ccc(N2CCCCCC2)nc1)NCc1coc(-c2ccc(C)cc2)n1. The van der Waals surface area contributed by atoms with Gasteiger partial charge in [-0.15, -0.1) is 0 Å². The van der Waals surface area contributed by atoms with E-state index in [4.69, 9.17) is 4.42 Å². The molecular weight excluding hydrogens is 400 g/mol. The Kier molecular flexibility index (Phi) is 7.38. The Balaban J connectivity index is 1.26. The molecule has 0 unspecified atom stereocenters. The van der Waals surface area contributed by atoms with Crippen molar-refractivity contribution in [1.82, 2.24) is 20.6 Å². The van der Waals surface area contributed by atoms with E-state index < -0.39 is 0 Å². The predicted molar refractivity (Wildman–Crippen MR) is 129 cm³/mol. The molecule has 1 aliphatic rings. The van der Waals surface area contributed by atoms with Crippen LogP contribution in [0.3, 0.4) is 0 Å². The lowest BCUT2D eigenvalue weighted by atomic mass is 10.1. The molecule has 0 saturated carbocycles. The lowest BCUT2D eigenvalue weighted by Gasteiger charge is -2.21. The molecule has 1 fully saturated rings. The number of hydrogen-bond acceptors (Lipinski definition) is 5. The number of oxazole rings is 1. The molecule has 32 heavy (non-hydrogen) atoms. The summed E-state index contributed by atoms with van der Waals surface area (Å²) in [5.41, 5.74) is 4.13. The van der Waals surface area contributed by atoms with E-state index in [1.54, 1.807) is 13.3 Å². The van der Waals surface area contributed by atoms with Gasteiger partial charge in [-0.05, 0) is 43.5 Å². The Morgan fingerprint density at radius 3 is 2.44 bits per heavy atom. The van der Waals surface area contributed by atoms with E-state index in [1.165, 1.54) is 31.2 Å². The molecule has 0 bridgehead atoms. The van der Waals surface area contributed by atoms with Gasteiger partial charge in [0.1, 0.15) is 12.1 Å². The first-order valence-electron chi connectivity index (χ1n) is 11.4. The van der Waals surface area contributed by atoms with Gasteiger partial charge in [-0.25, -0.2) is 9.97 Å². The summed E-state index contributed by atoms with van der Waals surface area (Å²) in [6.45, 7) is 5.46. The molecule has 3 aromatic rings. The summed E-state index contributed by atoms with van der Waals surface area (Å²) in [4.78, 5) is 15.9. The normalized spacial score (nSPS) is 14.8. The molecule has 0 amide bonds. The number of aryl methyl sites for hydroxylation is 1. The summed E-state index contributed by atoms with van der Waals surface area (Å²) >= 11 is 0. The zero-order chi connectivity index (χ0) is 22.2. The van der Waals surface area contributed by atoms with Crippen molar-refractivity contribution in [2.45, 2.75) is 45.7 Å². The first-order valence-corrected chi connectivity index (χ1v) is 11.4. The van der Waals surface area contributed by atoms with Gasteiger partial charge in [0.2, 0.25) is 5.89 Å². The molecule has 0 aliphatic carbocycles. The fourth-order valence-electron chi connectivity index (χ4n) is 3.81. The smallest absolute Gasteiger partial charge is 0.226 e. The minimum absolute atomic E-state index is 0.529. The van der Waals surface area contributed by atoms with Crippen LogP contribution in [0.4, 0.5) is 5.82 Å². The van der Waals surface area contributed by atoms with Crippen LogP contribution in [-0.2, 0) is 13.1 Å². The van der Waals surface area contributed by atoms with Crippen LogP contribution in [0.2, 0.25) is 0 Å². The zero-order valence-electron chi connectivity index (χ0n) is 19.0. The van der Waals surface area contributed by atoms with Gasteiger partial charge in [0, 0.05) is 38.4 Å². The van der Waals surface area contributed by atoms with E-state index in [9.17, 15) is 0 Å². The van der Waals surface area contributed by atoms with Gasteiger partial charge < -0.3 is 20.0 Å². The number of pyridine rings is 1. The minimum Gasteiger partial charge on any atom is -0.444 e. The third-order valence-corrected chi connectivity index (χ3v) is 5.71. The monoisotopic (exact) mass is 432 g/mol. The topological polar surface area (TPSA) is 78.6 Å². The molecule has 2 aromatic heterocycles. The molecular formula is C25H32N6O. The minimum atomic E-state index is 0.529. The number of nitrogens with zero attached hydrogens (tertiary/aromatic N) is 4. The molecule has 0 spiro atoms. The first-order chi connectivity index (χ1) is 15.7. The number of nitrogens with one attached hydrogen (secondary N) is 2. The average molecular weight is 433 g/mol. The molecule has 0 atom stereocenters. The zero-order valence-corrected chi connectivity index (χ0v) is 19.0. The Morgan fingerprint density at radius 2 is 1.75 bits per heavy atom. The second-order valence-electron chi connectivity index (χ2n) is 8.22. The first kappa shape index (κ1) is 21.9. The highest BCUT2D eigenvalue weighted by molar-refractivity contribution is 5.79. The van der Waals surface area contributed by atoms with E-state index in [2.05, 4.69) is 61.7 Å². The lowest BCUT2D eigenvalue weighted by molar-refractivity contribution is 0.572. The summed E-state index contributed by atoms with van der Waals surface area (Å²) in [7, 11) is 1.76. The number of hydrogen-bond donors (Lipinski definition) is 2. The lowest BCUT2D eigenvalue weighted by Crippen LogP contribution is -2.36. The standard InChI is InChI=1S/C25H32N6O/c1-19-7-10-21(11-8-19)24-30-22(18-32-24)17-29-25(26-2)28-16-20-9-12-23(27-15-20)31-13-5-3-4-6-14-31/h7-12,15,18H,3-6,13-14,16-17H2,1-2H3,(H2,26,28,29).